The van der Waals surface area contributed by atoms with Gasteiger partial charge in [0.2, 0.25) is 10.0 Å². The first-order valence-corrected chi connectivity index (χ1v) is 7.06. The molecule has 0 radical (unpaired) electrons. The molecule has 2 rings (SSSR count). The zero-order chi connectivity index (χ0) is 13.5. The van der Waals surface area contributed by atoms with Gasteiger partial charge in [-0.2, -0.15) is 9.40 Å². The first-order chi connectivity index (χ1) is 8.35. The molecule has 0 unspecified atom stereocenters. The Morgan fingerprint density at radius 2 is 2.17 bits per heavy atom. The van der Waals surface area contributed by atoms with E-state index < -0.39 is 22.0 Å². The maximum absolute atomic E-state index is 12.5. The number of rotatable bonds is 3. The quantitative estimate of drug-likeness (QED) is 0.822. The van der Waals surface area contributed by atoms with Gasteiger partial charge < -0.3 is 5.11 Å². The van der Waals surface area contributed by atoms with Gasteiger partial charge in [-0.3, -0.25) is 9.89 Å². The van der Waals surface area contributed by atoms with Gasteiger partial charge in [-0.1, -0.05) is 0 Å². The summed E-state index contributed by atoms with van der Waals surface area (Å²) in [5, 5.41) is 15.5. The molecule has 1 fully saturated rings. The van der Waals surface area contributed by atoms with Crippen LogP contribution in [-0.4, -0.2) is 46.6 Å². The first kappa shape index (κ1) is 13.0. The molecule has 0 aromatic carbocycles. The summed E-state index contributed by atoms with van der Waals surface area (Å²) in [7, 11) is -3.79. The second-order valence-electron chi connectivity index (χ2n) is 4.38. The van der Waals surface area contributed by atoms with Crippen molar-refractivity contribution in [1.29, 1.82) is 0 Å². The van der Waals surface area contributed by atoms with Crippen molar-refractivity contribution in [3.05, 3.63) is 11.4 Å². The van der Waals surface area contributed by atoms with Gasteiger partial charge in [-0.25, -0.2) is 8.42 Å². The van der Waals surface area contributed by atoms with Crippen LogP contribution in [0.4, 0.5) is 0 Å². The highest BCUT2D eigenvalue weighted by atomic mass is 32.2. The lowest BCUT2D eigenvalue weighted by atomic mass is 10.2. The lowest BCUT2D eigenvalue weighted by molar-refractivity contribution is -0.140. The summed E-state index contributed by atoms with van der Waals surface area (Å²) >= 11 is 0. The van der Waals surface area contributed by atoms with Crippen LogP contribution in [0.15, 0.2) is 4.90 Å². The number of H-pyrrole nitrogens is 1. The molecule has 18 heavy (non-hydrogen) atoms. The van der Waals surface area contributed by atoms with Gasteiger partial charge in [0, 0.05) is 6.54 Å². The van der Waals surface area contributed by atoms with Gasteiger partial charge in [0.05, 0.1) is 11.4 Å². The fraction of sp³-hybridized carbons (Fsp3) is 0.600. The number of carboxylic acid groups (broad SMARTS) is 1. The Kier molecular flexibility index (Phi) is 3.16. The van der Waals surface area contributed by atoms with Gasteiger partial charge in [0.25, 0.3) is 0 Å². The summed E-state index contributed by atoms with van der Waals surface area (Å²) in [5.41, 5.74) is 0.798. The minimum absolute atomic E-state index is 0.0932. The van der Waals surface area contributed by atoms with Crippen LogP contribution < -0.4 is 0 Å². The van der Waals surface area contributed by atoms with Crippen LogP contribution in [0.2, 0.25) is 0 Å². The SMILES string of the molecule is Cc1n[nH]c(C)c1S(=O)(=O)N1CCC[C@H]1C(=O)O. The molecular formula is C10H15N3O4S. The van der Waals surface area contributed by atoms with Crippen molar-refractivity contribution in [3.63, 3.8) is 0 Å². The highest BCUT2D eigenvalue weighted by Crippen LogP contribution is 2.28. The molecule has 0 spiro atoms. The van der Waals surface area contributed by atoms with Crippen molar-refractivity contribution in [2.24, 2.45) is 0 Å². The summed E-state index contributed by atoms with van der Waals surface area (Å²) in [6.45, 7) is 3.43. The third kappa shape index (κ3) is 1.91. The molecule has 1 aromatic heterocycles. The van der Waals surface area contributed by atoms with Crippen molar-refractivity contribution < 1.29 is 18.3 Å². The van der Waals surface area contributed by atoms with E-state index in [4.69, 9.17) is 5.11 Å². The number of aromatic amines is 1. The smallest absolute Gasteiger partial charge is 0.322 e. The molecule has 100 valence electrons. The van der Waals surface area contributed by atoms with E-state index in [-0.39, 0.29) is 11.4 Å². The van der Waals surface area contributed by atoms with E-state index >= 15 is 0 Å². The number of carbonyl (C=O) groups is 1. The number of hydrogen-bond donors (Lipinski definition) is 2. The lowest BCUT2D eigenvalue weighted by Gasteiger charge is -2.20. The van der Waals surface area contributed by atoms with Crippen LogP contribution in [0.5, 0.6) is 0 Å². The summed E-state index contributed by atoms with van der Waals surface area (Å²) in [6, 6.07) is -0.969. The highest BCUT2D eigenvalue weighted by molar-refractivity contribution is 7.89. The summed E-state index contributed by atoms with van der Waals surface area (Å²) in [5.74, 6) is -1.10. The Bertz CT molecular complexity index is 558. The molecule has 8 heteroatoms. The molecule has 0 saturated carbocycles. The average molecular weight is 273 g/mol. The third-order valence-electron chi connectivity index (χ3n) is 3.12. The monoisotopic (exact) mass is 273 g/mol. The summed E-state index contributed by atoms with van der Waals surface area (Å²) in [6.07, 6.45) is 0.913. The number of nitrogens with zero attached hydrogens (tertiary/aromatic N) is 2. The van der Waals surface area contributed by atoms with Gasteiger partial charge in [0.15, 0.2) is 0 Å². The normalized spacial score (nSPS) is 21.3. The number of nitrogens with one attached hydrogen (secondary N) is 1. The molecule has 2 N–H and O–H groups in total. The molecule has 1 aliphatic rings. The second-order valence-corrected chi connectivity index (χ2v) is 6.20. The van der Waals surface area contributed by atoms with Crippen LogP contribution >= 0.6 is 0 Å². The Labute approximate surface area is 105 Å². The maximum Gasteiger partial charge on any atom is 0.322 e. The van der Waals surface area contributed by atoms with Gasteiger partial charge >= 0.3 is 5.97 Å². The fourth-order valence-corrected chi connectivity index (χ4v) is 4.30. The highest BCUT2D eigenvalue weighted by Gasteiger charge is 2.41. The molecule has 0 bridgehead atoms. The molecule has 1 saturated heterocycles. The van der Waals surface area contributed by atoms with E-state index in [1.165, 1.54) is 0 Å². The zero-order valence-corrected chi connectivity index (χ0v) is 11.0. The molecule has 7 nitrogen and oxygen atoms in total. The van der Waals surface area contributed by atoms with Gasteiger partial charge in [-0.05, 0) is 26.7 Å². The lowest BCUT2D eigenvalue weighted by Crippen LogP contribution is -2.40. The van der Waals surface area contributed by atoms with E-state index in [9.17, 15) is 13.2 Å². The van der Waals surface area contributed by atoms with E-state index in [1.54, 1.807) is 13.8 Å². The number of hydrogen-bond acceptors (Lipinski definition) is 4. The fourth-order valence-electron chi connectivity index (χ4n) is 2.31. The van der Waals surface area contributed by atoms with Gasteiger partial charge in [-0.15, -0.1) is 0 Å². The Morgan fingerprint density at radius 1 is 1.50 bits per heavy atom. The van der Waals surface area contributed by atoms with Crippen LogP contribution in [0, 0.1) is 13.8 Å². The molecule has 2 heterocycles. The van der Waals surface area contributed by atoms with Crippen molar-refractivity contribution in [2.45, 2.75) is 37.6 Å². The minimum atomic E-state index is -3.79. The van der Waals surface area contributed by atoms with Crippen molar-refractivity contribution in [3.8, 4) is 0 Å². The predicted octanol–water partition coefficient (Wildman–Crippen LogP) is 0.264. The molecule has 1 atom stereocenters. The van der Waals surface area contributed by atoms with Crippen LogP contribution in [0.25, 0.3) is 0 Å². The second kappa shape index (κ2) is 4.36. The number of carboxylic acids is 1. The average Bonchev–Trinajstić information content (AvgIpc) is 2.85. The molecular weight excluding hydrogens is 258 g/mol. The Balaban J connectivity index is 2.46. The minimum Gasteiger partial charge on any atom is -0.480 e. The summed E-state index contributed by atoms with van der Waals surface area (Å²) < 4.78 is 26.0. The topological polar surface area (TPSA) is 103 Å². The van der Waals surface area contributed by atoms with Crippen LogP contribution in [0.3, 0.4) is 0 Å². The number of sulfonamides is 1. The zero-order valence-electron chi connectivity index (χ0n) is 10.2. The Hall–Kier alpha value is -1.41. The molecule has 0 aliphatic carbocycles. The first-order valence-electron chi connectivity index (χ1n) is 5.62. The van der Waals surface area contributed by atoms with E-state index in [2.05, 4.69) is 10.2 Å². The number of aryl methyl sites for hydroxylation is 2. The summed E-state index contributed by atoms with van der Waals surface area (Å²) in [4.78, 5) is 11.2. The van der Waals surface area contributed by atoms with E-state index in [0.29, 0.717) is 24.2 Å². The maximum atomic E-state index is 12.5. The van der Waals surface area contributed by atoms with Crippen molar-refractivity contribution >= 4 is 16.0 Å². The predicted molar refractivity (Wildman–Crippen MR) is 62.6 cm³/mol. The van der Waals surface area contributed by atoms with Crippen LogP contribution in [0.1, 0.15) is 24.2 Å². The number of aromatic nitrogens is 2. The molecule has 1 aromatic rings. The van der Waals surface area contributed by atoms with Gasteiger partial charge in [0.1, 0.15) is 10.9 Å². The standard InChI is InChI=1S/C10H15N3O4S/c1-6-9(7(2)12-11-6)18(16,17)13-5-3-4-8(13)10(14)15/h8H,3-5H2,1-2H3,(H,11,12)(H,14,15)/t8-/m0/s1. The van der Waals surface area contributed by atoms with E-state index in [1.807, 2.05) is 0 Å². The third-order valence-corrected chi connectivity index (χ3v) is 5.29. The Morgan fingerprint density at radius 3 is 2.67 bits per heavy atom. The number of aliphatic carboxylic acids is 1. The molecule has 0 amide bonds. The van der Waals surface area contributed by atoms with Crippen LogP contribution in [-0.2, 0) is 14.8 Å². The van der Waals surface area contributed by atoms with E-state index in [0.717, 1.165) is 4.31 Å². The molecule has 1 aliphatic heterocycles. The van der Waals surface area contributed by atoms with Crippen molar-refractivity contribution in [1.82, 2.24) is 14.5 Å². The largest absolute Gasteiger partial charge is 0.480 e. The van der Waals surface area contributed by atoms with Crippen molar-refractivity contribution in [2.75, 3.05) is 6.54 Å².